The van der Waals surface area contributed by atoms with Gasteiger partial charge in [0, 0.05) is 0 Å². The van der Waals surface area contributed by atoms with Gasteiger partial charge in [0.15, 0.2) is 0 Å². The Balaban J connectivity index is 4.57. The number of thioether (sulfide) groups is 1. The maximum atomic E-state index is 12.0. The van der Waals surface area contributed by atoms with E-state index in [1.165, 1.54) is 0 Å². The van der Waals surface area contributed by atoms with Crippen LogP contribution in [0.2, 0.25) is 0 Å². The molecule has 0 fully saturated rings. The molecule has 5 heteroatoms. The molecule has 0 radical (unpaired) electrons. The summed E-state index contributed by atoms with van der Waals surface area (Å²) >= 11 is 1.16. The van der Waals surface area contributed by atoms with Gasteiger partial charge in [-0.15, -0.1) is 0 Å². The molecule has 0 unspecified atom stereocenters. The molecule has 0 saturated heterocycles. The van der Waals surface area contributed by atoms with Crippen LogP contribution in [0.15, 0.2) is 0 Å². The van der Waals surface area contributed by atoms with Crippen molar-refractivity contribution in [3.8, 4) is 0 Å². The zero-order chi connectivity index (χ0) is 14.3. The second-order valence-electron chi connectivity index (χ2n) is 5.58. The van der Waals surface area contributed by atoms with Crippen molar-refractivity contribution in [2.45, 2.75) is 59.6 Å². The van der Waals surface area contributed by atoms with Gasteiger partial charge in [0.25, 0.3) is 5.24 Å². The van der Waals surface area contributed by atoms with Gasteiger partial charge >= 0.3 is 5.97 Å². The summed E-state index contributed by atoms with van der Waals surface area (Å²) in [5, 5.41) is 2.55. The first-order valence-corrected chi connectivity index (χ1v) is 7.30. The molecule has 0 rings (SSSR count). The number of esters is 1. The molecule has 1 atom stereocenters. The first-order chi connectivity index (χ1) is 8.15. The zero-order valence-electron chi connectivity index (χ0n) is 12.2. The lowest BCUT2D eigenvalue weighted by molar-refractivity contribution is -0.157. The summed E-state index contributed by atoms with van der Waals surface area (Å²) < 4.78 is 5.32. The fraction of sp³-hybridized carbons (Fsp3) is 0.846. The molecule has 1 amide bonds. The predicted octanol–water partition coefficient (Wildman–Crippen LogP) is 3.21. The highest BCUT2D eigenvalue weighted by atomic mass is 32.2. The molecule has 0 bridgehead atoms. The van der Waals surface area contributed by atoms with Gasteiger partial charge in [-0.1, -0.05) is 32.5 Å². The molecule has 0 aliphatic rings. The summed E-state index contributed by atoms with van der Waals surface area (Å²) in [5.41, 5.74) is -0.533. The quantitative estimate of drug-likeness (QED) is 0.783. The number of carbonyl (C=O) groups is 2. The fourth-order valence-corrected chi connectivity index (χ4v) is 1.86. The van der Waals surface area contributed by atoms with Gasteiger partial charge in [-0.25, -0.2) is 4.79 Å². The average Bonchev–Trinajstić information content (AvgIpc) is 2.13. The molecular formula is C13H25NO3S. The van der Waals surface area contributed by atoms with E-state index in [2.05, 4.69) is 5.32 Å². The molecule has 18 heavy (non-hydrogen) atoms. The molecular weight excluding hydrogens is 250 g/mol. The van der Waals surface area contributed by atoms with Crippen molar-refractivity contribution in [3.63, 3.8) is 0 Å². The minimum atomic E-state index is -0.559. The molecule has 0 spiro atoms. The van der Waals surface area contributed by atoms with Gasteiger partial charge in [-0.05, 0) is 38.9 Å². The van der Waals surface area contributed by atoms with E-state index in [0.29, 0.717) is 18.1 Å². The Kier molecular flexibility index (Phi) is 7.36. The SMILES string of the molecule is CCSC(=O)N[C@@H](CC(C)C)C(=O)OC(C)(C)C. The number of ether oxygens (including phenoxy) is 1. The van der Waals surface area contributed by atoms with E-state index in [4.69, 9.17) is 4.74 Å². The van der Waals surface area contributed by atoms with Crippen LogP contribution in [0.3, 0.4) is 0 Å². The van der Waals surface area contributed by atoms with Crippen molar-refractivity contribution in [2.75, 3.05) is 5.75 Å². The maximum absolute atomic E-state index is 12.0. The van der Waals surface area contributed by atoms with Crippen LogP contribution in [0.5, 0.6) is 0 Å². The predicted molar refractivity (Wildman–Crippen MR) is 75.8 cm³/mol. The third-order valence-electron chi connectivity index (χ3n) is 1.97. The Hall–Kier alpha value is -0.710. The van der Waals surface area contributed by atoms with E-state index in [-0.39, 0.29) is 11.2 Å². The van der Waals surface area contributed by atoms with Crippen LogP contribution in [-0.4, -0.2) is 28.6 Å². The maximum Gasteiger partial charge on any atom is 0.329 e. The van der Waals surface area contributed by atoms with Crippen LogP contribution in [0.1, 0.15) is 48.0 Å². The van der Waals surface area contributed by atoms with Crippen LogP contribution in [0.25, 0.3) is 0 Å². The van der Waals surface area contributed by atoms with E-state index in [1.807, 2.05) is 41.5 Å². The van der Waals surface area contributed by atoms with E-state index >= 15 is 0 Å². The third-order valence-corrected chi connectivity index (χ3v) is 2.63. The van der Waals surface area contributed by atoms with Gasteiger partial charge < -0.3 is 10.1 Å². The summed E-state index contributed by atoms with van der Waals surface area (Å²) in [7, 11) is 0. The second-order valence-corrected chi connectivity index (χ2v) is 6.82. The van der Waals surface area contributed by atoms with Crippen LogP contribution < -0.4 is 5.32 Å². The number of nitrogens with one attached hydrogen (secondary N) is 1. The van der Waals surface area contributed by atoms with Crippen molar-refractivity contribution >= 4 is 23.0 Å². The minimum absolute atomic E-state index is 0.172. The third kappa shape index (κ3) is 8.39. The molecule has 4 nitrogen and oxygen atoms in total. The number of carbonyl (C=O) groups excluding carboxylic acids is 2. The van der Waals surface area contributed by atoms with E-state index < -0.39 is 11.6 Å². The summed E-state index contributed by atoms with van der Waals surface area (Å²) in [5.74, 6) is 0.643. The lowest BCUT2D eigenvalue weighted by Gasteiger charge is -2.25. The highest BCUT2D eigenvalue weighted by Crippen LogP contribution is 2.14. The van der Waals surface area contributed by atoms with Crippen molar-refractivity contribution in [1.82, 2.24) is 5.32 Å². The summed E-state index contributed by atoms with van der Waals surface area (Å²) in [6, 6.07) is -0.559. The molecule has 0 heterocycles. The number of rotatable bonds is 5. The number of hydrogen-bond acceptors (Lipinski definition) is 4. The Morgan fingerprint density at radius 2 is 1.83 bits per heavy atom. The van der Waals surface area contributed by atoms with E-state index in [9.17, 15) is 9.59 Å². The lowest BCUT2D eigenvalue weighted by atomic mass is 10.0. The van der Waals surface area contributed by atoms with Crippen LogP contribution in [-0.2, 0) is 9.53 Å². The van der Waals surface area contributed by atoms with Crippen molar-refractivity contribution in [2.24, 2.45) is 5.92 Å². The highest BCUT2D eigenvalue weighted by Gasteiger charge is 2.27. The van der Waals surface area contributed by atoms with Crippen LogP contribution in [0.4, 0.5) is 4.79 Å². The number of amides is 1. The van der Waals surface area contributed by atoms with Gasteiger partial charge in [-0.3, -0.25) is 4.79 Å². The molecule has 0 saturated carbocycles. The second kappa shape index (κ2) is 7.67. The Labute approximate surface area is 114 Å². The van der Waals surface area contributed by atoms with E-state index in [0.717, 1.165) is 11.8 Å². The topological polar surface area (TPSA) is 55.4 Å². The first-order valence-electron chi connectivity index (χ1n) is 6.31. The van der Waals surface area contributed by atoms with Gasteiger partial charge in [0.05, 0.1) is 0 Å². The number of hydrogen-bond donors (Lipinski definition) is 1. The molecule has 0 aliphatic carbocycles. The van der Waals surface area contributed by atoms with Crippen LogP contribution in [0, 0.1) is 5.92 Å². The largest absolute Gasteiger partial charge is 0.458 e. The zero-order valence-corrected chi connectivity index (χ0v) is 13.0. The smallest absolute Gasteiger partial charge is 0.329 e. The van der Waals surface area contributed by atoms with Crippen LogP contribution >= 0.6 is 11.8 Å². The molecule has 0 aliphatic heterocycles. The van der Waals surface area contributed by atoms with Crippen molar-refractivity contribution in [3.05, 3.63) is 0 Å². The lowest BCUT2D eigenvalue weighted by Crippen LogP contribution is -2.43. The monoisotopic (exact) mass is 275 g/mol. The van der Waals surface area contributed by atoms with Gasteiger partial charge in [0.1, 0.15) is 11.6 Å². The Morgan fingerprint density at radius 1 is 1.28 bits per heavy atom. The normalized spacial score (nSPS) is 13.3. The summed E-state index contributed by atoms with van der Waals surface area (Å²) in [6.45, 7) is 11.4. The minimum Gasteiger partial charge on any atom is -0.458 e. The van der Waals surface area contributed by atoms with Gasteiger partial charge in [-0.2, -0.15) is 0 Å². The summed E-state index contributed by atoms with van der Waals surface area (Å²) in [4.78, 5) is 23.5. The standard InChI is InChI=1S/C13H25NO3S/c1-7-18-12(16)14-10(8-9(2)3)11(15)17-13(4,5)6/h9-10H,7-8H2,1-6H3,(H,14,16)/t10-/m0/s1. The highest BCUT2D eigenvalue weighted by molar-refractivity contribution is 8.13. The Morgan fingerprint density at radius 3 is 2.22 bits per heavy atom. The first kappa shape index (κ1) is 17.3. The molecule has 1 N–H and O–H groups in total. The average molecular weight is 275 g/mol. The molecule has 0 aromatic carbocycles. The van der Waals surface area contributed by atoms with E-state index in [1.54, 1.807) is 0 Å². The van der Waals surface area contributed by atoms with Gasteiger partial charge in [0.2, 0.25) is 0 Å². The molecule has 0 aromatic heterocycles. The molecule has 0 aromatic rings. The van der Waals surface area contributed by atoms with Crippen molar-refractivity contribution < 1.29 is 14.3 Å². The molecule has 106 valence electrons. The Bertz CT molecular complexity index is 284. The fourth-order valence-electron chi connectivity index (χ4n) is 1.37. The van der Waals surface area contributed by atoms with Crippen molar-refractivity contribution in [1.29, 1.82) is 0 Å². The summed E-state index contributed by atoms with van der Waals surface area (Å²) in [6.07, 6.45) is 0.588.